The highest BCUT2D eigenvalue weighted by Crippen LogP contribution is 2.18. The molecule has 0 bridgehead atoms. The molecule has 2 N–H and O–H groups in total. The zero-order chi connectivity index (χ0) is 21.7. The molecule has 0 saturated heterocycles. The minimum Gasteiger partial charge on any atom is -0.489 e. The summed E-state index contributed by atoms with van der Waals surface area (Å²) < 4.78 is 7.92. The summed E-state index contributed by atoms with van der Waals surface area (Å²) in [4.78, 5) is 9.25. The Morgan fingerprint density at radius 2 is 1.94 bits per heavy atom. The molecule has 6 nitrogen and oxygen atoms in total. The third-order valence-corrected chi connectivity index (χ3v) is 4.72. The van der Waals surface area contributed by atoms with E-state index in [4.69, 9.17) is 9.73 Å². The zero-order valence-corrected chi connectivity index (χ0v) is 18.1. The van der Waals surface area contributed by atoms with Gasteiger partial charge in [0, 0.05) is 44.0 Å². The summed E-state index contributed by atoms with van der Waals surface area (Å²) in [5.41, 5.74) is 2.31. The van der Waals surface area contributed by atoms with Crippen molar-refractivity contribution in [2.24, 2.45) is 4.99 Å². The molecule has 0 aliphatic carbocycles. The first kappa shape index (κ1) is 22.2. The van der Waals surface area contributed by atoms with Gasteiger partial charge in [0.05, 0.1) is 6.54 Å². The lowest BCUT2D eigenvalue weighted by atomic mass is 10.2. The van der Waals surface area contributed by atoms with E-state index >= 15 is 0 Å². The van der Waals surface area contributed by atoms with Crippen LogP contribution in [-0.2, 0) is 19.5 Å². The molecule has 3 aromatic rings. The van der Waals surface area contributed by atoms with Crippen molar-refractivity contribution in [2.75, 3.05) is 19.7 Å². The normalized spacial score (nSPS) is 11.2. The summed E-state index contributed by atoms with van der Waals surface area (Å²) in [6.45, 7) is 9.15. The molecule has 1 heterocycles. The fraction of sp³-hybridized carbons (Fsp3) is 0.280. The number of para-hydroxylation sites is 1. The monoisotopic (exact) mass is 417 g/mol. The Morgan fingerprint density at radius 3 is 2.74 bits per heavy atom. The van der Waals surface area contributed by atoms with Crippen LogP contribution in [0.25, 0.3) is 0 Å². The van der Waals surface area contributed by atoms with Crippen LogP contribution < -0.4 is 15.4 Å². The average molecular weight is 418 g/mol. The van der Waals surface area contributed by atoms with Gasteiger partial charge in [-0.1, -0.05) is 61.2 Å². The molecule has 0 amide bonds. The maximum Gasteiger partial charge on any atom is 0.191 e. The van der Waals surface area contributed by atoms with Gasteiger partial charge in [0.1, 0.15) is 18.2 Å². The van der Waals surface area contributed by atoms with Crippen LogP contribution in [-0.4, -0.2) is 35.2 Å². The highest BCUT2D eigenvalue weighted by molar-refractivity contribution is 5.79. The number of ether oxygens (including phenoxy) is 1. The summed E-state index contributed by atoms with van der Waals surface area (Å²) in [6, 6.07) is 18.4. The summed E-state index contributed by atoms with van der Waals surface area (Å²) in [7, 11) is 0. The largest absolute Gasteiger partial charge is 0.489 e. The standard InChI is InChI=1S/C25H31N5O/c1-3-18-31-23-13-9-8-12-22(23)19-29-25(26-4-2)28-15-14-24-27-16-17-30(24)20-21-10-6-5-7-11-21/h3,5-13,16-17H,1,4,14-15,18-20H2,2H3,(H2,26,28,29). The number of rotatable bonds is 11. The van der Waals surface area contributed by atoms with Gasteiger partial charge in [0.15, 0.2) is 5.96 Å². The molecule has 0 unspecified atom stereocenters. The summed E-state index contributed by atoms with van der Waals surface area (Å²) in [5.74, 6) is 2.67. The van der Waals surface area contributed by atoms with Crippen molar-refractivity contribution in [1.29, 1.82) is 0 Å². The lowest BCUT2D eigenvalue weighted by molar-refractivity contribution is 0.359. The van der Waals surface area contributed by atoms with Gasteiger partial charge in [0.2, 0.25) is 0 Å². The predicted molar refractivity (Wildman–Crippen MR) is 126 cm³/mol. The Hall–Kier alpha value is -3.54. The van der Waals surface area contributed by atoms with E-state index in [1.807, 2.05) is 42.7 Å². The maximum atomic E-state index is 5.73. The van der Waals surface area contributed by atoms with Crippen LogP contribution in [0.4, 0.5) is 0 Å². The van der Waals surface area contributed by atoms with Crippen LogP contribution in [0, 0.1) is 0 Å². The van der Waals surface area contributed by atoms with Gasteiger partial charge in [-0.25, -0.2) is 9.98 Å². The second-order valence-corrected chi connectivity index (χ2v) is 7.04. The Kier molecular flexibility index (Phi) is 8.73. The van der Waals surface area contributed by atoms with E-state index in [0.717, 1.165) is 49.2 Å². The van der Waals surface area contributed by atoms with Gasteiger partial charge in [-0.3, -0.25) is 0 Å². The first-order valence-corrected chi connectivity index (χ1v) is 10.7. The summed E-state index contributed by atoms with van der Waals surface area (Å²) >= 11 is 0. The van der Waals surface area contributed by atoms with Crippen LogP contribution in [0.5, 0.6) is 5.75 Å². The number of aromatic nitrogens is 2. The van der Waals surface area contributed by atoms with E-state index < -0.39 is 0 Å². The van der Waals surface area contributed by atoms with Gasteiger partial charge in [-0.2, -0.15) is 0 Å². The Balaban J connectivity index is 1.57. The molecule has 3 rings (SSSR count). The van der Waals surface area contributed by atoms with Crippen molar-refractivity contribution < 1.29 is 4.74 Å². The van der Waals surface area contributed by atoms with E-state index in [2.05, 4.69) is 58.0 Å². The lowest BCUT2D eigenvalue weighted by Crippen LogP contribution is -2.38. The van der Waals surface area contributed by atoms with Crippen LogP contribution in [0.3, 0.4) is 0 Å². The van der Waals surface area contributed by atoms with Crippen molar-refractivity contribution in [2.45, 2.75) is 26.4 Å². The molecular formula is C25H31N5O. The molecule has 0 aliphatic heterocycles. The second kappa shape index (κ2) is 12.2. The summed E-state index contributed by atoms with van der Waals surface area (Å²) in [6.07, 6.45) is 6.44. The highest BCUT2D eigenvalue weighted by Gasteiger charge is 2.06. The average Bonchev–Trinajstić information content (AvgIpc) is 3.24. The van der Waals surface area contributed by atoms with Crippen molar-refractivity contribution in [1.82, 2.24) is 20.2 Å². The molecule has 6 heteroatoms. The maximum absolute atomic E-state index is 5.73. The third kappa shape index (κ3) is 7.03. The van der Waals surface area contributed by atoms with Gasteiger partial charge >= 0.3 is 0 Å². The van der Waals surface area contributed by atoms with E-state index in [0.29, 0.717) is 13.2 Å². The number of nitrogens with zero attached hydrogens (tertiary/aromatic N) is 3. The molecule has 0 saturated carbocycles. The number of hydrogen-bond acceptors (Lipinski definition) is 3. The Morgan fingerprint density at radius 1 is 1.13 bits per heavy atom. The minimum atomic E-state index is 0.481. The number of guanidine groups is 1. The van der Waals surface area contributed by atoms with Crippen molar-refractivity contribution in [3.05, 3.63) is 96.6 Å². The fourth-order valence-corrected chi connectivity index (χ4v) is 3.21. The number of benzene rings is 2. The third-order valence-electron chi connectivity index (χ3n) is 4.72. The van der Waals surface area contributed by atoms with E-state index in [1.165, 1.54) is 5.56 Å². The molecule has 162 valence electrons. The molecule has 0 spiro atoms. The van der Waals surface area contributed by atoms with Crippen LogP contribution >= 0.6 is 0 Å². The first-order chi connectivity index (χ1) is 15.3. The zero-order valence-electron chi connectivity index (χ0n) is 18.1. The smallest absolute Gasteiger partial charge is 0.191 e. The van der Waals surface area contributed by atoms with Crippen molar-refractivity contribution in [3.8, 4) is 5.75 Å². The SMILES string of the molecule is C=CCOc1ccccc1CN=C(NCC)NCCc1nccn1Cc1ccccc1. The number of imidazole rings is 1. The Bertz CT molecular complexity index is 965. The van der Waals surface area contributed by atoms with Crippen LogP contribution in [0.2, 0.25) is 0 Å². The van der Waals surface area contributed by atoms with Crippen LogP contribution in [0.15, 0.2) is 84.6 Å². The Labute approximate surface area is 184 Å². The van der Waals surface area contributed by atoms with Gasteiger partial charge in [-0.15, -0.1) is 0 Å². The molecule has 0 radical (unpaired) electrons. The quantitative estimate of drug-likeness (QED) is 0.283. The molecule has 31 heavy (non-hydrogen) atoms. The number of hydrogen-bond donors (Lipinski definition) is 2. The fourth-order valence-electron chi connectivity index (χ4n) is 3.21. The molecular weight excluding hydrogens is 386 g/mol. The molecule has 0 aliphatic rings. The van der Waals surface area contributed by atoms with Crippen molar-refractivity contribution in [3.63, 3.8) is 0 Å². The lowest BCUT2D eigenvalue weighted by Gasteiger charge is -2.13. The number of nitrogens with one attached hydrogen (secondary N) is 2. The predicted octanol–water partition coefficient (Wildman–Crippen LogP) is 3.79. The minimum absolute atomic E-state index is 0.481. The second-order valence-electron chi connectivity index (χ2n) is 7.04. The van der Waals surface area contributed by atoms with E-state index in [1.54, 1.807) is 6.08 Å². The van der Waals surface area contributed by atoms with Crippen molar-refractivity contribution >= 4 is 5.96 Å². The van der Waals surface area contributed by atoms with Crippen LogP contribution in [0.1, 0.15) is 23.9 Å². The molecule has 1 aromatic heterocycles. The van der Waals surface area contributed by atoms with E-state index in [-0.39, 0.29) is 0 Å². The summed E-state index contributed by atoms with van der Waals surface area (Å²) in [5, 5.41) is 6.72. The molecule has 0 atom stereocenters. The van der Waals surface area contributed by atoms with Gasteiger partial charge < -0.3 is 19.9 Å². The highest BCUT2D eigenvalue weighted by atomic mass is 16.5. The molecule has 0 fully saturated rings. The molecule has 2 aromatic carbocycles. The van der Waals surface area contributed by atoms with Gasteiger partial charge in [-0.05, 0) is 18.6 Å². The van der Waals surface area contributed by atoms with Gasteiger partial charge in [0.25, 0.3) is 0 Å². The first-order valence-electron chi connectivity index (χ1n) is 10.7. The van der Waals surface area contributed by atoms with E-state index in [9.17, 15) is 0 Å². The number of aliphatic imine (C=N–C) groups is 1. The topological polar surface area (TPSA) is 63.5 Å².